The number of aromatic nitrogens is 3. The molecule has 1 aromatic carbocycles. The van der Waals surface area contributed by atoms with Crippen LogP contribution in [0.2, 0.25) is 0 Å². The molecule has 21 heavy (non-hydrogen) atoms. The standard InChI is InChI=1S/C16H13N5/c1-11-5-6-19-15(7-11)21-10-14(18)16(20-21)13-4-2-3-12(8-13)9-17/h2-8,10H,18H2,1H3. The fourth-order valence-electron chi connectivity index (χ4n) is 2.11. The lowest BCUT2D eigenvalue weighted by Gasteiger charge is -2.01. The number of hydrogen-bond donors (Lipinski definition) is 1. The molecular formula is C16H13N5. The van der Waals surface area contributed by atoms with E-state index in [1.807, 2.05) is 31.2 Å². The molecule has 0 radical (unpaired) electrons. The molecule has 2 N–H and O–H groups in total. The van der Waals surface area contributed by atoms with Gasteiger partial charge in [0, 0.05) is 11.8 Å². The first-order valence-electron chi connectivity index (χ1n) is 6.46. The Balaban J connectivity index is 2.08. The van der Waals surface area contributed by atoms with Gasteiger partial charge in [-0.05, 0) is 36.8 Å². The predicted octanol–water partition coefficient (Wildman–Crippen LogP) is 2.70. The van der Waals surface area contributed by atoms with Gasteiger partial charge >= 0.3 is 0 Å². The number of rotatable bonds is 2. The predicted molar refractivity (Wildman–Crippen MR) is 80.7 cm³/mol. The maximum atomic E-state index is 8.98. The normalized spacial score (nSPS) is 10.3. The van der Waals surface area contributed by atoms with Crippen LogP contribution in [0, 0.1) is 18.3 Å². The van der Waals surface area contributed by atoms with Gasteiger partial charge < -0.3 is 5.73 Å². The van der Waals surface area contributed by atoms with Crippen molar-refractivity contribution in [3.05, 3.63) is 59.9 Å². The molecule has 0 aliphatic carbocycles. The molecule has 0 unspecified atom stereocenters. The second kappa shape index (κ2) is 5.10. The molecule has 0 aliphatic heterocycles. The molecule has 0 bridgehead atoms. The number of nitriles is 1. The van der Waals surface area contributed by atoms with E-state index in [0.717, 1.165) is 11.1 Å². The van der Waals surface area contributed by atoms with E-state index in [9.17, 15) is 0 Å². The Morgan fingerprint density at radius 1 is 1.24 bits per heavy atom. The van der Waals surface area contributed by atoms with Crippen molar-refractivity contribution in [3.63, 3.8) is 0 Å². The van der Waals surface area contributed by atoms with E-state index in [0.29, 0.717) is 22.8 Å². The third-order valence-corrected chi connectivity index (χ3v) is 3.14. The molecule has 102 valence electrons. The quantitative estimate of drug-likeness (QED) is 0.779. The van der Waals surface area contributed by atoms with Crippen molar-refractivity contribution < 1.29 is 0 Å². The van der Waals surface area contributed by atoms with Gasteiger partial charge in [0.1, 0.15) is 5.69 Å². The minimum atomic E-state index is 0.549. The number of aryl methyl sites for hydroxylation is 1. The average Bonchev–Trinajstić information content (AvgIpc) is 2.89. The number of nitrogen functional groups attached to an aromatic ring is 1. The molecule has 0 fully saturated rings. The molecule has 0 amide bonds. The zero-order valence-corrected chi connectivity index (χ0v) is 11.5. The molecule has 0 aliphatic rings. The Labute approximate surface area is 122 Å². The van der Waals surface area contributed by atoms with Crippen molar-refractivity contribution in [1.82, 2.24) is 14.8 Å². The summed E-state index contributed by atoms with van der Waals surface area (Å²) in [5, 5.41) is 13.5. The Morgan fingerprint density at radius 2 is 2.10 bits per heavy atom. The highest BCUT2D eigenvalue weighted by atomic mass is 15.3. The van der Waals surface area contributed by atoms with Gasteiger partial charge in [-0.15, -0.1) is 0 Å². The molecule has 5 nitrogen and oxygen atoms in total. The van der Waals surface area contributed by atoms with Gasteiger partial charge in [0.2, 0.25) is 0 Å². The van der Waals surface area contributed by atoms with Crippen LogP contribution in [0.3, 0.4) is 0 Å². The number of anilines is 1. The topological polar surface area (TPSA) is 80.5 Å². The summed E-state index contributed by atoms with van der Waals surface area (Å²) in [6.45, 7) is 2.00. The molecule has 0 spiro atoms. The molecule has 2 heterocycles. The maximum Gasteiger partial charge on any atom is 0.153 e. The van der Waals surface area contributed by atoms with Crippen molar-refractivity contribution in [1.29, 1.82) is 5.26 Å². The molecule has 0 saturated carbocycles. The van der Waals surface area contributed by atoms with Crippen LogP contribution < -0.4 is 5.73 Å². The highest BCUT2D eigenvalue weighted by Gasteiger charge is 2.11. The lowest BCUT2D eigenvalue weighted by Crippen LogP contribution is -1.98. The third-order valence-electron chi connectivity index (χ3n) is 3.14. The third kappa shape index (κ3) is 2.47. The summed E-state index contributed by atoms with van der Waals surface area (Å²) in [5.41, 5.74) is 9.74. The van der Waals surface area contributed by atoms with Gasteiger partial charge in [-0.25, -0.2) is 9.67 Å². The fourth-order valence-corrected chi connectivity index (χ4v) is 2.11. The van der Waals surface area contributed by atoms with Crippen LogP contribution in [0.1, 0.15) is 11.1 Å². The van der Waals surface area contributed by atoms with Gasteiger partial charge in [-0.3, -0.25) is 0 Å². The zero-order chi connectivity index (χ0) is 14.8. The molecule has 3 aromatic rings. The van der Waals surface area contributed by atoms with Crippen molar-refractivity contribution in [2.45, 2.75) is 6.92 Å². The van der Waals surface area contributed by atoms with Crippen LogP contribution in [-0.2, 0) is 0 Å². The second-order valence-corrected chi connectivity index (χ2v) is 4.76. The Bertz CT molecular complexity index is 842. The molecule has 0 saturated heterocycles. The van der Waals surface area contributed by atoms with Crippen molar-refractivity contribution in [2.24, 2.45) is 0 Å². The van der Waals surface area contributed by atoms with E-state index >= 15 is 0 Å². The highest BCUT2D eigenvalue weighted by Crippen LogP contribution is 2.25. The monoisotopic (exact) mass is 275 g/mol. The Morgan fingerprint density at radius 3 is 2.86 bits per heavy atom. The Hall–Kier alpha value is -3.13. The Kier molecular flexibility index (Phi) is 3.13. The smallest absolute Gasteiger partial charge is 0.153 e. The fraction of sp³-hybridized carbons (Fsp3) is 0.0625. The number of pyridine rings is 1. The summed E-state index contributed by atoms with van der Waals surface area (Å²) in [4.78, 5) is 4.28. The summed E-state index contributed by atoms with van der Waals surface area (Å²) >= 11 is 0. The molecular weight excluding hydrogens is 262 g/mol. The minimum absolute atomic E-state index is 0.549. The van der Waals surface area contributed by atoms with E-state index in [4.69, 9.17) is 11.0 Å². The van der Waals surface area contributed by atoms with Crippen molar-refractivity contribution in [2.75, 3.05) is 5.73 Å². The SMILES string of the molecule is Cc1ccnc(-n2cc(N)c(-c3cccc(C#N)c3)n2)c1. The summed E-state index contributed by atoms with van der Waals surface area (Å²) in [6.07, 6.45) is 3.47. The van der Waals surface area contributed by atoms with E-state index in [2.05, 4.69) is 16.2 Å². The maximum absolute atomic E-state index is 8.98. The summed E-state index contributed by atoms with van der Waals surface area (Å²) in [5.74, 6) is 0.712. The zero-order valence-electron chi connectivity index (χ0n) is 11.5. The van der Waals surface area contributed by atoms with Crippen LogP contribution in [0.25, 0.3) is 17.1 Å². The first kappa shape index (κ1) is 12.9. The van der Waals surface area contributed by atoms with E-state index < -0.39 is 0 Å². The first-order chi connectivity index (χ1) is 10.2. The van der Waals surface area contributed by atoms with Crippen LogP contribution in [-0.4, -0.2) is 14.8 Å². The van der Waals surface area contributed by atoms with Crippen LogP contribution >= 0.6 is 0 Å². The van der Waals surface area contributed by atoms with Crippen LogP contribution in [0.4, 0.5) is 5.69 Å². The highest BCUT2D eigenvalue weighted by molar-refractivity contribution is 5.73. The van der Waals surface area contributed by atoms with E-state index in [-0.39, 0.29) is 0 Å². The van der Waals surface area contributed by atoms with Gasteiger partial charge in [0.05, 0.1) is 23.5 Å². The molecule has 0 atom stereocenters. The summed E-state index contributed by atoms with van der Waals surface area (Å²) in [7, 11) is 0. The average molecular weight is 275 g/mol. The van der Waals surface area contributed by atoms with Gasteiger partial charge in [0.15, 0.2) is 5.82 Å². The minimum Gasteiger partial charge on any atom is -0.396 e. The van der Waals surface area contributed by atoms with Gasteiger partial charge in [-0.1, -0.05) is 12.1 Å². The van der Waals surface area contributed by atoms with Crippen molar-refractivity contribution in [3.8, 4) is 23.1 Å². The lowest BCUT2D eigenvalue weighted by molar-refractivity contribution is 0.848. The second-order valence-electron chi connectivity index (χ2n) is 4.76. The number of benzene rings is 1. The van der Waals surface area contributed by atoms with E-state index in [1.165, 1.54) is 0 Å². The van der Waals surface area contributed by atoms with Crippen LogP contribution in [0.15, 0.2) is 48.8 Å². The van der Waals surface area contributed by atoms with E-state index in [1.54, 1.807) is 29.2 Å². The first-order valence-corrected chi connectivity index (χ1v) is 6.46. The molecule has 2 aromatic heterocycles. The summed E-state index contributed by atoms with van der Waals surface area (Å²) in [6, 6.07) is 13.2. The largest absolute Gasteiger partial charge is 0.396 e. The molecule has 3 rings (SSSR count). The van der Waals surface area contributed by atoms with Crippen LogP contribution in [0.5, 0.6) is 0 Å². The van der Waals surface area contributed by atoms with Gasteiger partial charge in [0.25, 0.3) is 0 Å². The van der Waals surface area contributed by atoms with Gasteiger partial charge in [-0.2, -0.15) is 10.4 Å². The van der Waals surface area contributed by atoms with Crippen molar-refractivity contribution >= 4 is 5.69 Å². The number of hydrogen-bond acceptors (Lipinski definition) is 4. The number of nitrogens with two attached hydrogens (primary N) is 1. The lowest BCUT2D eigenvalue weighted by atomic mass is 10.1. The molecule has 5 heteroatoms. The summed E-state index contributed by atoms with van der Waals surface area (Å²) < 4.78 is 1.65. The number of nitrogens with zero attached hydrogens (tertiary/aromatic N) is 4.